The highest BCUT2D eigenvalue weighted by atomic mass is 16.6. The molecule has 4 rings (SSSR count). The largest absolute Gasteiger partial charge is 0.486 e. The Morgan fingerprint density at radius 2 is 1.91 bits per heavy atom. The lowest BCUT2D eigenvalue weighted by molar-refractivity contribution is 0.171. The molecule has 1 aliphatic rings. The molecule has 1 aliphatic heterocycles. The molecule has 0 saturated heterocycles. The van der Waals surface area contributed by atoms with E-state index in [0.717, 1.165) is 11.3 Å². The van der Waals surface area contributed by atoms with Crippen molar-refractivity contribution >= 4 is 5.88 Å². The summed E-state index contributed by atoms with van der Waals surface area (Å²) < 4.78 is 16.3. The molecule has 3 heterocycles. The third-order valence-corrected chi connectivity index (χ3v) is 3.37. The van der Waals surface area contributed by atoms with E-state index in [1.807, 2.05) is 18.2 Å². The molecule has 0 saturated carbocycles. The van der Waals surface area contributed by atoms with Gasteiger partial charge in [0.25, 0.3) is 0 Å². The molecule has 0 radical (unpaired) electrons. The Hall–Kier alpha value is -3.09. The molecule has 0 unspecified atom stereocenters. The third-order valence-electron chi connectivity index (χ3n) is 3.37. The zero-order valence-electron chi connectivity index (χ0n) is 11.5. The van der Waals surface area contributed by atoms with Gasteiger partial charge in [-0.1, -0.05) is 5.16 Å². The first-order chi connectivity index (χ1) is 10.8. The molecule has 0 bridgehead atoms. The van der Waals surface area contributed by atoms with Crippen LogP contribution in [0.15, 0.2) is 41.3 Å². The quantitative estimate of drug-likeness (QED) is 0.773. The van der Waals surface area contributed by atoms with Crippen molar-refractivity contribution < 1.29 is 14.0 Å². The fourth-order valence-corrected chi connectivity index (χ4v) is 2.38. The summed E-state index contributed by atoms with van der Waals surface area (Å²) in [5.74, 6) is 1.61. The summed E-state index contributed by atoms with van der Waals surface area (Å²) in [5.41, 5.74) is 8.62. The van der Waals surface area contributed by atoms with E-state index in [-0.39, 0.29) is 5.88 Å². The Morgan fingerprint density at radius 3 is 2.73 bits per heavy atom. The van der Waals surface area contributed by atoms with Crippen LogP contribution in [0, 0.1) is 0 Å². The number of nitrogen functional groups attached to an aromatic ring is 1. The molecule has 2 aromatic heterocycles. The van der Waals surface area contributed by atoms with Gasteiger partial charge >= 0.3 is 0 Å². The van der Waals surface area contributed by atoms with Gasteiger partial charge in [0, 0.05) is 11.8 Å². The maximum Gasteiger partial charge on any atom is 0.232 e. The standard InChI is InChI=1S/C15H12N4O3/c16-15-13(10-3-4-17-8-18-10)14(19-22-15)9-1-2-11-12(7-9)21-6-5-20-11/h1-4,7-8H,5-6,16H2. The third kappa shape index (κ3) is 2.03. The first kappa shape index (κ1) is 12.6. The second kappa shape index (κ2) is 5.03. The van der Waals surface area contributed by atoms with E-state index in [1.165, 1.54) is 6.33 Å². The Kier molecular flexibility index (Phi) is 2.89. The van der Waals surface area contributed by atoms with Crippen LogP contribution in [-0.4, -0.2) is 28.3 Å². The number of benzene rings is 1. The molecule has 22 heavy (non-hydrogen) atoms. The van der Waals surface area contributed by atoms with Crippen LogP contribution >= 0.6 is 0 Å². The first-order valence-electron chi connectivity index (χ1n) is 6.74. The molecule has 1 aromatic carbocycles. The minimum atomic E-state index is 0.212. The van der Waals surface area contributed by atoms with Crippen LogP contribution < -0.4 is 15.2 Å². The highest BCUT2D eigenvalue weighted by Crippen LogP contribution is 2.39. The molecular formula is C15H12N4O3. The normalized spacial score (nSPS) is 13.1. The van der Waals surface area contributed by atoms with Crippen molar-refractivity contribution in [2.24, 2.45) is 0 Å². The molecule has 0 amide bonds. The van der Waals surface area contributed by atoms with Crippen LogP contribution in [0.2, 0.25) is 0 Å². The first-order valence-corrected chi connectivity index (χ1v) is 6.74. The molecule has 0 fully saturated rings. The Morgan fingerprint density at radius 1 is 1.05 bits per heavy atom. The number of aromatic nitrogens is 3. The van der Waals surface area contributed by atoms with Crippen molar-refractivity contribution in [3.05, 3.63) is 36.8 Å². The van der Waals surface area contributed by atoms with Crippen LogP contribution in [0.3, 0.4) is 0 Å². The van der Waals surface area contributed by atoms with Gasteiger partial charge in [-0.3, -0.25) is 0 Å². The fourth-order valence-electron chi connectivity index (χ4n) is 2.38. The summed E-state index contributed by atoms with van der Waals surface area (Å²) in [7, 11) is 0. The molecule has 110 valence electrons. The molecule has 2 N–H and O–H groups in total. The number of nitrogens with zero attached hydrogens (tertiary/aromatic N) is 3. The lowest BCUT2D eigenvalue weighted by Gasteiger charge is -2.18. The van der Waals surface area contributed by atoms with Crippen LogP contribution in [0.5, 0.6) is 11.5 Å². The summed E-state index contributed by atoms with van der Waals surface area (Å²) in [4.78, 5) is 8.11. The van der Waals surface area contributed by atoms with Crippen LogP contribution in [-0.2, 0) is 0 Å². The fraction of sp³-hybridized carbons (Fsp3) is 0.133. The van der Waals surface area contributed by atoms with Gasteiger partial charge in [-0.15, -0.1) is 0 Å². The zero-order chi connectivity index (χ0) is 14.9. The average Bonchev–Trinajstić information content (AvgIpc) is 2.97. The number of fused-ring (bicyclic) bond motifs is 1. The summed E-state index contributed by atoms with van der Waals surface area (Å²) in [6.45, 7) is 1.08. The number of hydrogen-bond donors (Lipinski definition) is 1. The van der Waals surface area contributed by atoms with Crippen molar-refractivity contribution in [2.75, 3.05) is 18.9 Å². The predicted molar refractivity (Wildman–Crippen MR) is 78.4 cm³/mol. The lowest BCUT2D eigenvalue weighted by Crippen LogP contribution is -2.15. The van der Waals surface area contributed by atoms with E-state index in [4.69, 9.17) is 19.7 Å². The van der Waals surface area contributed by atoms with Crippen molar-refractivity contribution in [3.8, 4) is 34.0 Å². The number of hydrogen-bond acceptors (Lipinski definition) is 7. The van der Waals surface area contributed by atoms with Gasteiger partial charge in [0.1, 0.15) is 25.2 Å². The van der Waals surface area contributed by atoms with Crippen molar-refractivity contribution in [2.45, 2.75) is 0 Å². The molecule has 0 aliphatic carbocycles. The average molecular weight is 296 g/mol. The van der Waals surface area contributed by atoms with E-state index in [9.17, 15) is 0 Å². The Labute approximate surface area is 125 Å². The molecular weight excluding hydrogens is 284 g/mol. The van der Waals surface area contributed by atoms with Gasteiger partial charge in [0.2, 0.25) is 5.88 Å². The van der Waals surface area contributed by atoms with Crippen LogP contribution in [0.4, 0.5) is 5.88 Å². The molecule has 7 nitrogen and oxygen atoms in total. The van der Waals surface area contributed by atoms with Gasteiger partial charge in [-0.2, -0.15) is 0 Å². The lowest BCUT2D eigenvalue weighted by atomic mass is 10.0. The smallest absolute Gasteiger partial charge is 0.232 e. The van der Waals surface area contributed by atoms with E-state index >= 15 is 0 Å². The Balaban J connectivity index is 1.84. The van der Waals surface area contributed by atoms with Crippen molar-refractivity contribution in [1.29, 1.82) is 0 Å². The minimum absolute atomic E-state index is 0.212. The molecule has 0 atom stereocenters. The van der Waals surface area contributed by atoms with Gasteiger partial charge in [-0.25, -0.2) is 9.97 Å². The van der Waals surface area contributed by atoms with E-state index < -0.39 is 0 Å². The van der Waals surface area contributed by atoms with Crippen molar-refractivity contribution in [3.63, 3.8) is 0 Å². The summed E-state index contributed by atoms with van der Waals surface area (Å²) in [6, 6.07) is 7.34. The van der Waals surface area contributed by atoms with Crippen LogP contribution in [0.25, 0.3) is 22.5 Å². The number of nitrogens with two attached hydrogens (primary N) is 1. The predicted octanol–water partition coefficient (Wildman–Crippen LogP) is 2.15. The van der Waals surface area contributed by atoms with Gasteiger partial charge in [0.05, 0.1) is 11.3 Å². The second-order valence-corrected chi connectivity index (χ2v) is 4.72. The topological polar surface area (TPSA) is 96.3 Å². The van der Waals surface area contributed by atoms with Gasteiger partial charge < -0.3 is 19.7 Å². The monoisotopic (exact) mass is 296 g/mol. The molecule has 7 heteroatoms. The minimum Gasteiger partial charge on any atom is -0.486 e. The number of ether oxygens (including phenoxy) is 2. The summed E-state index contributed by atoms with van der Waals surface area (Å²) in [6.07, 6.45) is 3.09. The van der Waals surface area contributed by atoms with E-state index in [1.54, 1.807) is 12.3 Å². The van der Waals surface area contributed by atoms with Crippen LogP contribution in [0.1, 0.15) is 0 Å². The summed E-state index contributed by atoms with van der Waals surface area (Å²) in [5, 5.41) is 4.05. The maximum absolute atomic E-state index is 5.90. The van der Waals surface area contributed by atoms with Gasteiger partial charge in [-0.05, 0) is 24.3 Å². The highest BCUT2D eigenvalue weighted by Gasteiger charge is 2.20. The second-order valence-electron chi connectivity index (χ2n) is 4.72. The zero-order valence-corrected chi connectivity index (χ0v) is 11.5. The number of rotatable bonds is 2. The molecule has 0 spiro atoms. The van der Waals surface area contributed by atoms with Gasteiger partial charge in [0.15, 0.2) is 11.5 Å². The van der Waals surface area contributed by atoms with Crippen molar-refractivity contribution in [1.82, 2.24) is 15.1 Å². The highest BCUT2D eigenvalue weighted by molar-refractivity contribution is 5.85. The molecule has 3 aromatic rings. The Bertz CT molecular complexity index is 817. The van der Waals surface area contributed by atoms with E-state index in [2.05, 4.69) is 15.1 Å². The van der Waals surface area contributed by atoms with E-state index in [0.29, 0.717) is 35.9 Å². The number of anilines is 1. The SMILES string of the molecule is Nc1onc(-c2ccc3c(c2)OCCO3)c1-c1ccncn1. The maximum atomic E-state index is 5.90. The summed E-state index contributed by atoms with van der Waals surface area (Å²) >= 11 is 0.